The normalized spacial score (nSPS) is 22.7. The molecular weight excluding hydrogens is 647 g/mol. The van der Waals surface area contributed by atoms with Crippen molar-refractivity contribution in [3.63, 3.8) is 0 Å². The highest BCUT2D eigenvalue weighted by molar-refractivity contribution is 8.22. The zero-order valence-electron chi connectivity index (χ0n) is 25.0. The van der Waals surface area contributed by atoms with E-state index in [0.29, 0.717) is 25.9 Å². The summed E-state index contributed by atoms with van der Waals surface area (Å²) in [5.74, 6) is -3.42. The zero-order chi connectivity index (χ0) is 33.9. The lowest BCUT2D eigenvalue weighted by Gasteiger charge is -2.49. The Bertz CT molecular complexity index is 1590. The van der Waals surface area contributed by atoms with Gasteiger partial charge in [-0.1, -0.05) is 36.4 Å². The van der Waals surface area contributed by atoms with Gasteiger partial charge < -0.3 is 21.1 Å². The van der Waals surface area contributed by atoms with E-state index in [4.69, 9.17) is 0 Å². The number of piperazine rings is 1. The Balaban J connectivity index is 1.45. The number of hydrogen-bond acceptors (Lipinski definition) is 6. The predicted molar refractivity (Wildman–Crippen MR) is 167 cm³/mol. The standard InChI is InChI=1S/C32H35F5N4O5S/c33-22-11-9-19(10-12-22)28(20-4-1-5-21(16-20)32(35,36)37)29(40-31(43)44)30(42)39-27-8-2-7-26(34)25(27)14-13-24-17-38-23-6-3-15-47(45,46)41(24)18-23/h1-2,4-5,7-12,16,23-24,28-29,38,40,45-46H,3,6,13-15,17-18H2,(H,39,42)(H,43,44)/t23?,24?,28-,29-/m0/s1. The van der Waals surface area contributed by atoms with Gasteiger partial charge in [0.2, 0.25) is 5.91 Å². The number of carbonyl (C=O) groups is 2. The van der Waals surface area contributed by atoms with Crippen molar-refractivity contribution < 1.29 is 45.8 Å². The second kappa shape index (κ2) is 14.2. The molecule has 2 aliphatic rings. The van der Waals surface area contributed by atoms with Gasteiger partial charge >= 0.3 is 12.3 Å². The van der Waals surface area contributed by atoms with Gasteiger partial charge in [-0.2, -0.15) is 13.2 Å². The molecule has 15 heteroatoms. The van der Waals surface area contributed by atoms with E-state index in [-0.39, 0.29) is 46.6 Å². The molecule has 2 aliphatic heterocycles. The number of anilines is 1. The number of fused-ring (bicyclic) bond motifs is 2. The number of nitrogens with zero attached hydrogens (tertiary/aromatic N) is 1. The molecule has 6 N–H and O–H groups in total. The SMILES string of the molecule is O=C(O)N[C@H](C(=O)Nc1cccc(F)c1CCC1CNC2CCCS(O)(O)N1C2)[C@@H](c1ccc(F)cc1)c1cccc(C(F)(F)F)c1. The van der Waals surface area contributed by atoms with Gasteiger partial charge in [-0.05, 0) is 67.1 Å². The lowest BCUT2D eigenvalue weighted by Crippen LogP contribution is -2.55. The molecule has 2 saturated heterocycles. The summed E-state index contributed by atoms with van der Waals surface area (Å²) in [7, 11) is -3.01. The van der Waals surface area contributed by atoms with E-state index in [0.717, 1.165) is 36.8 Å². The first-order chi connectivity index (χ1) is 22.2. The molecule has 5 atom stereocenters. The predicted octanol–water partition coefficient (Wildman–Crippen LogP) is 6.42. The number of hydrogen-bond donors (Lipinski definition) is 6. The number of carbonyl (C=O) groups excluding carboxylic acids is 1. The summed E-state index contributed by atoms with van der Waals surface area (Å²) >= 11 is 0. The molecule has 47 heavy (non-hydrogen) atoms. The number of nitrogens with one attached hydrogen (secondary N) is 3. The van der Waals surface area contributed by atoms with Crippen LogP contribution in [0.15, 0.2) is 66.7 Å². The summed E-state index contributed by atoms with van der Waals surface area (Å²) in [6.45, 7) is 0.869. The first-order valence-electron chi connectivity index (χ1n) is 15.0. The number of benzene rings is 3. The Morgan fingerprint density at radius 2 is 1.74 bits per heavy atom. The molecule has 0 saturated carbocycles. The van der Waals surface area contributed by atoms with E-state index < -0.39 is 58.1 Å². The van der Waals surface area contributed by atoms with Crippen LogP contribution in [0.25, 0.3) is 0 Å². The molecule has 2 amide bonds. The van der Waals surface area contributed by atoms with Crippen LogP contribution in [-0.4, -0.2) is 67.5 Å². The summed E-state index contributed by atoms with van der Waals surface area (Å²) < 4.78 is 93.3. The number of amides is 2. The molecule has 254 valence electrons. The van der Waals surface area contributed by atoms with Gasteiger partial charge in [0.1, 0.15) is 17.7 Å². The van der Waals surface area contributed by atoms with Crippen LogP contribution in [0.2, 0.25) is 0 Å². The molecule has 2 bridgehead atoms. The lowest BCUT2D eigenvalue weighted by molar-refractivity contribution is -0.137. The molecule has 9 nitrogen and oxygen atoms in total. The number of carboxylic acid groups (broad SMARTS) is 1. The van der Waals surface area contributed by atoms with Gasteiger partial charge in [0.05, 0.1) is 11.3 Å². The fraction of sp³-hybridized carbons (Fsp3) is 0.375. The van der Waals surface area contributed by atoms with E-state index >= 15 is 4.39 Å². The van der Waals surface area contributed by atoms with E-state index in [9.17, 15) is 41.4 Å². The van der Waals surface area contributed by atoms with Crippen LogP contribution in [0.3, 0.4) is 0 Å². The minimum atomic E-state index is -4.74. The minimum Gasteiger partial charge on any atom is -0.465 e. The molecule has 2 heterocycles. The van der Waals surface area contributed by atoms with Crippen LogP contribution >= 0.6 is 10.8 Å². The Hall–Kier alpha value is -3.76. The van der Waals surface area contributed by atoms with Gasteiger partial charge in [0, 0.05) is 42.3 Å². The highest BCUT2D eigenvalue weighted by atomic mass is 32.3. The summed E-state index contributed by atoms with van der Waals surface area (Å²) in [6, 6.07) is 10.6. The minimum absolute atomic E-state index is 0.0122. The average molecular weight is 683 g/mol. The Morgan fingerprint density at radius 3 is 2.45 bits per heavy atom. The van der Waals surface area contributed by atoms with Gasteiger partial charge in [-0.15, -0.1) is 10.8 Å². The second-order valence-corrected chi connectivity index (χ2v) is 13.9. The van der Waals surface area contributed by atoms with E-state index in [1.165, 1.54) is 36.4 Å². The monoisotopic (exact) mass is 682 g/mol. The van der Waals surface area contributed by atoms with E-state index in [2.05, 4.69) is 16.0 Å². The topological polar surface area (TPSA) is 134 Å². The highest BCUT2D eigenvalue weighted by Gasteiger charge is 2.39. The van der Waals surface area contributed by atoms with Crippen molar-refractivity contribution in [3.8, 4) is 0 Å². The van der Waals surface area contributed by atoms with E-state index in [1.807, 2.05) is 0 Å². The molecule has 0 aliphatic carbocycles. The number of alkyl halides is 3. The largest absolute Gasteiger partial charge is 0.465 e. The summed E-state index contributed by atoms with van der Waals surface area (Å²) in [6.07, 6.45) is -4.59. The molecule has 0 spiro atoms. The molecule has 3 aromatic carbocycles. The average Bonchev–Trinajstić information content (AvgIpc) is 3.12. The first-order valence-corrected chi connectivity index (χ1v) is 16.7. The Labute approximate surface area is 269 Å². The summed E-state index contributed by atoms with van der Waals surface area (Å²) in [4.78, 5) is 25.8. The van der Waals surface area contributed by atoms with Gasteiger partial charge in [-0.25, -0.2) is 17.9 Å². The molecule has 3 unspecified atom stereocenters. The van der Waals surface area contributed by atoms with Crippen LogP contribution in [0, 0.1) is 11.6 Å². The van der Waals surface area contributed by atoms with Crippen LogP contribution in [0.5, 0.6) is 0 Å². The van der Waals surface area contributed by atoms with Crippen molar-refractivity contribution in [1.29, 1.82) is 0 Å². The maximum absolute atomic E-state index is 15.3. The van der Waals surface area contributed by atoms with Crippen molar-refractivity contribution in [2.24, 2.45) is 0 Å². The molecule has 5 rings (SSSR count). The fourth-order valence-electron chi connectivity index (χ4n) is 6.31. The number of halogens is 5. The van der Waals surface area contributed by atoms with Crippen molar-refractivity contribution in [2.45, 2.75) is 55.9 Å². The van der Waals surface area contributed by atoms with Crippen LogP contribution in [-0.2, 0) is 17.4 Å². The van der Waals surface area contributed by atoms with Crippen LogP contribution < -0.4 is 16.0 Å². The summed E-state index contributed by atoms with van der Waals surface area (Å²) in [5, 5.41) is 17.7. The zero-order valence-corrected chi connectivity index (χ0v) is 25.8. The van der Waals surface area contributed by atoms with Crippen LogP contribution in [0.1, 0.15) is 47.4 Å². The van der Waals surface area contributed by atoms with Gasteiger partial charge in [-0.3, -0.25) is 13.9 Å². The maximum atomic E-state index is 15.3. The Kier molecular flexibility index (Phi) is 10.4. The molecule has 0 radical (unpaired) electrons. The lowest BCUT2D eigenvalue weighted by atomic mass is 9.83. The smallest absolute Gasteiger partial charge is 0.416 e. The third-order valence-corrected chi connectivity index (χ3v) is 10.6. The quantitative estimate of drug-likeness (QED) is 0.143. The highest BCUT2D eigenvalue weighted by Crippen LogP contribution is 2.49. The van der Waals surface area contributed by atoms with Crippen LogP contribution in [0.4, 0.5) is 32.4 Å². The van der Waals surface area contributed by atoms with Crippen molar-refractivity contribution in [1.82, 2.24) is 14.9 Å². The molecule has 0 aromatic heterocycles. The van der Waals surface area contributed by atoms with Crippen molar-refractivity contribution in [2.75, 3.05) is 24.2 Å². The molecular formula is C32H35F5N4O5S. The Morgan fingerprint density at radius 1 is 1.02 bits per heavy atom. The third-order valence-electron chi connectivity index (χ3n) is 8.60. The van der Waals surface area contributed by atoms with Gasteiger partial charge in [0.25, 0.3) is 0 Å². The molecule has 3 aromatic rings. The fourth-order valence-corrected chi connectivity index (χ4v) is 8.18. The van der Waals surface area contributed by atoms with Crippen molar-refractivity contribution >= 4 is 28.5 Å². The van der Waals surface area contributed by atoms with Gasteiger partial charge in [0.15, 0.2) is 0 Å². The van der Waals surface area contributed by atoms with E-state index in [1.54, 1.807) is 4.31 Å². The molecule has 2 fully saturated rings. The maximum Gasteiger partial charge on any atom is 0.416 e. The summed E-state index contributed by atoms with van der Waals surface area (Å²) in [5.41, 5.74) is -0.856. The number of rotatable bonds is 9. The van der Waals surface area contributed by atoms with Crippen molar-refractivity contribution in [3.05, 3.63) is 101 Å². The first kappa shape index (κ1) is 34.6. The second-order valence-electron chi connectivity index (χ2n) is 11.7. The third kappa shape index (κ3) is 8.22.